The third-order valence-electron chi connectivity index (χ3n) is 1.46. The molecule has 0 unspecified atom stereocenters. The van der Waals surface area contributed by atoms with Crippen LogP contribution in [0.1, 0.15) is 8.30 Å². The van der Waals surface area contributed by atoms with E-state index in [1.807, 2.05) is 18.2 Å². The van der Waals surface area contributed by atoms with E-state index in [4.69, 9.17) is 4.15 Å². The standard InChI is InChI=1S/C8H9N/c1-2-4-8-7(3-1)5-6-9-8/h1-4,9H,5-6H2/i6D2/hD. The second-order valence-corrected chi connectivity index (χ2v) is 2.08. The van der Waals surface area contributed by atoms with Crippen LogP contribution in [-0.2, 0) is 6.42 Å². The van der Waals surface area contributed by atoms with Crippen LogP contribution in [0.25, 0.3) is 0 Å². The predicted octanol–water partition coefficient (Wildman–Crippen LogP) is 1.65. The van der Waals surface area contributed by atoms with Crippen molar-refractivity contribution in [1.29, 1.82) is 0 Å². The number of para-hydroxylation sites is 1. The highest BCUT2D eigenvalue weighted by Gasteiger charge is 2.05. The van der Waals surface area contributed by atoms with Gasteiger partial charge in [-0.25, -0.2) is 0 Å². The quantitative estimate of drug-likeness (QED) is 0.551. The summed E-state index contributed by atoms with van der Waals surface area (Å²) >= 11 is 0. The van der Waals surface area contributed by atoms with Crippen LogP contribution in [0.15, 0.2) is 24.3 Å². The van der Waals surface area contributed by atoms with Gasteiger partial charge in [0.1, 0.15) is 0 Å². The summed E-state index contributed by atoms with van der Waals surface area (Å²) in [5, 5.41) is 0.947. The first-order valence-electron chi connectivity index (χ1n) is 4.43. The Bertz CT molecular complexity index is 311. The van der Waals surface area contributed by atoms with Crippen LogP contribution < -0.4 is 5.31 Å². The van der Waals surface area contributed by atoms with Gasteiger partial charge in [-0.15, -0.1) is 0 Å². The topological polar surface area (TPSA) is 12.0 Å². The lowest BCUT2D eigenvalue weighted by Crippen LogP contribution is -1.90. The second-order valence-electron chi connectivity index (χ2n) is 2.08. The first kappa shape index (κ1) is 2.74. The lowest BCUT2D eigenvalue weighted by molar-refractivity contribution is 1.11. The van der Waals surface area contributed by atoms with Crippen LogP contribution in [0.2, 0.25) is 1.41 Å². The number of hydrogen-bond donors (Lipinski definition) is 1. The third-order valence-corrected chi connectivity index (χ3v) is 1.46. The number of fused-ring (bicyclic) bond motifs is 1. The van der Waals surface area contributed by atoms with Crippen molar-refractivity contribution in [3.8, 4) is 0 Å². The molecule has 1 N–H and O–H groups in total. The van der Waals surface area contributed by atoms with Crippen molar-refractivity contribution >= 4 is 5.69 Å². The number of benzene rings is 1. The third kappa shape index (κ3) is 0.689. The molecule has 1 nitrogen and oxygen atoms in total. The smallest absolute Gasteiger partial charge is 0.160 e. The molecule has 0 saturated heterocycles. The number of aryl methyl sites for hydroxylation is 1. The Morgan fingerprint density at radius 3 is 3.33 bits per heavy atom. The number of rotatable bonds is 0. The van der Waals surface area contributed by atoms with E-state index in [1.165, 1.54) is 0 Å². The van der Waals surface area contributed by atoms with Gasteiger partial charge in [0.2, 0.25) is 0 Å². The van der Waals surface area contributed by atoms with E-state index in [9.17, 15) is 0 Å². The van der Waals surface area contributed by atoms with Crippen LogP contribution in [0, 0.1) is 0 Å². The molecule has 0 amide bonds. The Labute approximate surface area is 59.0 Å². The largest absolute Gasteiger partial charge is 0.384 e. The number of anilines is 1. The molecule has 1 aliphatic heterocycles. The van der Waals surface area contributed by atoms with Crippen molar-refractivity contribution in [3.63, 3.8) is 0 Å². The highest BCUT2D eigenvalue weighted by molar-refractivity contribution is 5.54. The minimum Gasteiger partial charge on any atom is -0.384 e. The van der Waals surface area contributed by atoms with Crippen LogP contribution in [0.5, 0.6) is 0 Å². The SMILES string of the molecule is [2H]N1c2ccccc2CC1([2H])[2H]. The lowest BCUT2D eigenvalue weighted by Gasteiger charge is -1.94. The Balaban J connectivity index is 2.49. The van der Waals surface area contributed by atoms with Gasteiger partial charge in [0.25, 0.3) is 0 Å². The van der Waals surface area contributed by atoms with E-state index in [-0.39, 0.29) is 0 Å². The average molecular weight is 122 g/mol. The van der Waals surface area contributed by atoms with E-state index in [0.717, 1.165) is 10.9 Å². The van der Waals surface area contributed by atoms with Gasteiger partial charge in [-0.3, -0.25) is 0 Å². The summed E-state index contributed by atoms with van der Waals surface area (Å²) in [6.45, 7) is -1.54. The summed E-state index contributed by atoms with van der Waals surface area (Å²) < 4.78 is 22.4. The summed E-state index contributed by atoms with van der Waals surface area (Å²) in [5.41, 5.74) is 1.60. The van der Waals surface area contributed by atoms with Gasteiger partial charge in [-0.2, -0.15) is 0 Å². The second kappa shape index (κ2) is 1.76. The Morgan fingerprint density at radius 1 is 1.56 bits per heavy atom. The monoisotopic (exact) mass is 122 g/mol. The average Bonchev–Trinajstić information content (AvgIpc) is 2.24. The molecule has 0 saturated carbocycles. The number of hydrogen-bond acceptors (Lipinski definition) is 1. The fourth-order valence-electron chi connectivity index (χ4n) is 0.979. The normalized spacial score (nSPS) is 26.2. The Morgan fingerprint density at radius 2 is 2.44 bits per heavy atom. The summed E-state index contributed by atoms with van der Waals surface area (Å²) in [5.74, 6) is 0. The van der Waals surface area contributed by atoms with Gasteiger partial charge < -0.3 is 5.31 Å². The van der Waals surface area contributed by atoms with Gasteiger partial charge >= 0.3 is 0 Å². The van der Waals surface area contributed by atoms with Crippen molar-refractivity contribution in [2.24, 2.45) is 0 Å². The van der Waals surface area contributed by atoms with E-state index >= 15 is 0 Å². The fraction of sp³-hybridized carbons (Fsp3) is 0.250. The zero-order valence-electron chi connectivity index (χ0n) is 7.96. The van der Waals surface area contributed by atoms with Crippen LogP contribution in [-0.4, -0.2) is 6.50 Å². The van der Waals surface area contributed by atoms with Gasteiger partial charge in [0.05, 0.1) is 0 Å². The van der Waals surface area contributed by atoms with E-state index in [0.29, 0.717) is 12.1 Å². The molecule has 0 fully saturated rings. The first-order chi connectivity index (χ1) is 5.61. The summed E-state index contributed by atoms with van der Waals surface area (Å²) in [7, 11) is 0. The Kier molecular flexibility index (Phi) is 0.535. The molecule has 1 aromatic carbocycles. The Hall–Kier alpha value is -0.980. The maximum absolute atomic E-state index is 7.48. The molecule has 0 radical (unpaired) electrons. The van der Waals surface area contributed by atoms with Crippen molar-refractivity contribution < 1.29 is 4.15 Å². The molecule has 1 aromatic rings. The first-order valence-corrected chi connectivity index (χ1v) is 2.98. The summed E-state index contributed by atoms with van der Waals surface area (Å²) in [6.07, 6.45) is 0.312. The molecular formula is C8H9N. The van der Waals surface area contributed by atoms with Gasteiger partial charge in [0.15, 0.2) is 1.41 Å². The van der Waals surface area contributed by atoms with Crippen molar-refractivity contribution in [2.75, 3.05) is 11.8 Å². The van der Waals surface area contributed by atoms with Gasteiger partial charge in [0, 0.05) is 14.9 Å². The molecule has 0 aromatic heterocycles. The maximum atomic E-state index is 7.48. The number of nitrogens with one attached hydrogen (secondary N) is 1. The van der Waals surface area contributed by atoms with Crippen molar-refractivity contribution in [3.05, 3.63) is 29.8 Å². The van der Waals surface area contributed by atoms with E-state index < -0.39 is 6.50 Å². The zero-order valence-corrected chi connectivity index (χ0v) is 4.96. The van der Waals surface area contributed by atoms with Crippen LogP contribution >= 0.6 is 0 Å². The van der Waals surface area contributed by atoms with Crippen molar-refractivity contribution in [1.82, 2.24) is 0 Å². The molecule has 0 bridgehead atoms. The molecule has 0 spiro atoms. The highest BCUT2D eigenvalue weighted by atomic mass is 14.9. The van der Waals surface area contributed by atoms with Gasteiger partial charge in [-0.05, 0) is 18.1 Å². The lowest BCUT2D eigenvalue weighted by atomic mass is 10.2. The molecule has 9 heavy (non-hydrogen) atoms. The van der Waals surface area contributed by atoms with Crippen LogP contribution in [0.4, 0.5) is 5.69 Å². The molecule has 1 aliphatic rings. The zero-order chi connectivity index (χ0) is 8.77. The van der Waals surface area contributed by atoms with Gasteiger partial charge in [-0.1, -0.05) is 18.2 Å². The summed E-state index contributed by atoms with van der Waals surface area (Å²) in [6, 6.07) is 7.32. The minimum absolute atomic E-state index is 0.312. The molecule has 46 valence electrons. The van der Waals surface area contributed by atoms with Crippen LogP contribution in [0.3, 0.4) is 0 Å². The molecule has 0 aliphatic carbocycles. The molecule has 0 atom stereocenters. The maximum Gasteiger partial charge on any atom is 0.160 e. The molecule has 1 heterocycles. The fourth-order valence-corrected chi connectivity index (χ4v) is 0.979. The highest BCUT2D eigenvalue weighted by Crippen LogP contribution is 2.19. The summed E-state index contributed by atoms with van der Waals surface area (Å²) in [4.78, 5) is 0. The predicted molar refractivity (Wildman–Crippen MR) is 38.6 cm³/mol. The molecule has 1 heteroatoms. The van der Waals surface area contributed by atoms with Crippen molar-refractivity contribution in [2.45, 2.75) is 6.42 Å². The molecular weight excluding hydrogens is 110 g/mol. The molecule has 2 rings (SSSR count). The minimum atomic E-state index is -1.54. The van der Waals surface area contributed by atoms with E-state index in [1.54, 1.807) is 6.07 Å². The van der Waals surface area contributed by atoms with E-state index in [2.05, 4.69) is 0 Å².